The van der Waals surface area contributed by atoms with Crippen LogP contribution < -0.4 is 0 Å². The minimum Gasteiger partial charge on any atom is -0.206 e. The Balaban J connectivity index is 1.62. The predicted molar refractivity (Wildman–Crippen MR) is 135 cm³/mol. The van der Waals surface area contributed by atoms with Gasteiger partial charge in [-0.25, -0.2) is 4.39 Å². The molecule has 2 nitrogen and oxygen atoms in total. The molecule has 0 fully saturated rings. The van der Waals surface area contributed by atoms with Crippen LogP contribution in [0.2, 0.25) is 0 Å². The molecule has 0 N–H and O–H groups in total. The molecular weight excluding hydrogens is 395 g/mol. The molecule has 3 aromatic rings. The van der Waals surface area contributed by atoms with Gasteiger partial charge < -0.3 is 0 Å². The lowest BCUT2D eigenvalue weighted by atomic mass is 10.00. The molecule has 0 amide bonds. The van der Waals surface area contributed by atoms with Crippen LogP contribution in [0.25, 0.3) is 11.1 Å². The van der Waals surface area contributed by atoms with Crippen molar-refractivity contribution in [3.05, 3.63) is 94.8 Å². The van der Waals surface area contributed by atoms with E-state index in [1.165, 1.54) is 42.9 Å². The van der Waals surface area contributed by atoms with Crippen LogP contribution >= 0.6 is 0 Å². The molecule has 0 aromatic heterocycles. The monoisotopic (exact) mass is 428 g/mol. The van der Waals surface area contributed by atoms with Crippen molar-refractivity contribution in [3.8, 4) is 11.1 Å². The molecule has 32 heavy (non-hydrogen) atoms. The van der Waals surface area contributed by atoms with Crippen molar-refractivity contribution in [2.75, 3.05) is 0 Å². The highest BCUT2D eigenvalue weighted by Crippen LogP contribution is 2.24. The quantitative estimate of drug-likeness (QED) is 0.168. The van der Waals surface area contributed by atoms with Gasteiger partial charge in [0.05, 0.1) is 12.4 Å². The van der Waals surface area contributed by atoms with E-state index in [0.717, 1.165) is 30.4 Å². The van der Waals surface area contributed by atoms with Gasteiger partial charge in [-0.2, -0.15) is 10.2 Å². The second-order valence-electron chi connectivity index (χ2n) is 8.18. The molecule has 0 unspecified atom stereocenters. The Hall–Kier alpha value is -3.07. The molecule has 0 heterocycles. The number of aryl methyl sites for hydroxylation is 2. The van der Waals surface area contributed by atoms with Gasteiger partial charge in [0.15, 0.2) is 0 Å². The van der Waals surface area contributed by atoms with Crippen LogP contribution in [-0.2, 0) is 12.8 Å². The first-order valence-electron chi connectivity index (χ1n) is 11.7. The molecule has 0 saturated carbocycles. The maximum atomic E-state index is 14.7. The van der Waals surface area contributed by atoms with Gasteiger partial charge in [0.25, 0.3) is 0 Å². The second-order valence-corrected chi connectivity index (χ2v) is 8.18. The van der Waals surface area contributed by atoms with E-state index in [-0.39, 0.29) is 5.82 Å². The summed E-state index contributed by atoms with van der Waals surface area (Å²) in [5.41, 5.74) is 5.84. The normalized spacial score (nSPS) is 11.6. The molecule has 3 aromatic carbocycles. The third-order valence-electron chi connectivity index (χ3n) is 5.62. The van der Waals surface area contributed by atoms with E-state index in [9.17, 15) is 4.39 Å². The van der Waals surface area contributed by atoms with Crippen molar-refractivity contribution in [1.82, 2.24) is 0 Å². The van der Waals surface area contributed by atoms with E-state index >= 15 is 0 Å². The van der Waals surface area contributed by atoms with Crippen LogP contribution in [-0.4, -0.2) is 12.4 Å². The first kappa shape index (κ1) is 23.6. The van der Waals surface area contributed by atoms with Crippen molar-refractivity contribution in [2.24, 2.45) is 10.2 Å². The number of halogens is 1. The van der Waals surface area contributed by atoms with E-state index in [4.69, 9.17) is 0 Å². The zero-order valence-electron chi connectivity index (χ0n) is 19.2. The smallest absolute Gasteiger partial charge is 0.131 e. The lowest BCUT2D eigenvalue weighted by Crippen LogP contribution is -1.92. The van der Waals surface area contributed by atoms with Crippen LogP contribution in [0.5, 0.6) is 0 Å². The molecule has 166 valence electrons. The summed E-state index contributed by atoms with van der Waals surface area (Å²) in [5.74, 6) is -0.248. The topological polar surface area (TPSA) is 24.7 Å². The molecule has 0 radical (unpaired) electrons. The average Bonchev–Trinajstić information content (AvgIpc) is 2.81. The third kappa shape index (κ3) is 6.98. The van der Waals surface area contributed by atoms with Gasteiger partial charge in [0, 0.05) is 5.56 Å². The lowest BCUT2D eigenvalue weighted by molar-refractivity contribution is 0.631. The molecule has 0 spiro atoms. The van der Waals surface area contributed by atoms with Gasteiger partial charge >= 0.3 is 0 Å². The Morgan fingerprint density at radius 1 is 0.750 bits per heavy atom. The maximum absolute atomic E-state index is 14.7. The van der Waals surface area contributed by atoms with Gasteiger partial charge in [0.1, 0.15) is 5.82 Å². The second kappa shape index (κ2) is 12.7. The molecular formula is C29H33FN2. The molecule has 0 aliphatic heterocycles. The molecule has 0 bridgehead atoms. The first-order chi connectivity index (χ1) is 15.7. The lowest BCUT2D eigenvalue weighted by Gasteiger charge is -2.07. The molecule has 0 atom stereocenters. The number of rotatable bonds is 11. The molecule has 3 rings (SSSR count). The molecule has 0 aliphatic carbocycles. The van der Waals surface area contributed by atoms with Crippen LogP contribution in [0.4, 0.5) is 4.39 Å². The first-order valence-corrected chi connectivity index (χ1v) is 11.7. The summed E-state index contributed by atoms with van der Waals surface area (Å²) in [6.45, 7) is 4.38. The summed E-state index contributed by atoms with van der Waals surface area (Å²) in [6, 6.07) is 21.6. The van der Waals surface area contributed by atoms with Gasteiger partial charge in [0.2, 0.25) is 0 Å². The Labute approximate surface area is 191 Å². The highest BCUT2D eigenvalue weighted by molar-refractivity contribution is 5.84. The Kier molecular flexibility index (Phi) is 9.37. The number of nitrogens with zero attached hydrogens (tertiary/aromatic N) is 2. The van der Waals surface area contributed by atoms with Crippen LogP contribution in [0, 0.1) is 5.82 Å². The number of hydrogen-bond acceptors (Lipinski definition) is 2. The Morgan fingerprint density at radius 3 is 2.28 bits per heavy atom. The zero-order valence-corrected chi connectivity index (χ0v) is 19.2. The minimum atomic E-state index is -0.248. The number of hydrogen-bond donors (Lipinski definition) is 0. The minimum absolute atomic E-state index is 0.248. The van der Waals surface area contributed by atoms with Crippen LogP contribution in [0.3, 0.4) is 0 Å². The number of unbranched alkanes of at least 4 members (excludes halogenated alkanes) is 3. The summed E-state index contributed by atoms with van der Waals surface area (Å²) in [7, 11) is 0. The fourth-order valence-electron chi connectivity index (χ4n) is 3.81. The van der Waals surface area contributed by atoms with Gasteiger partial charge in [-0.05, 0) is 53.1 Å². The molecule has 0 saturated heterocycles. The highest BCUT2D eigenvalue weighted by Gasteiger charge is 2.06. The largest absolute Gasteiger partial charge is 0.206 e. The molecule has 0 aliphatic rings. The summed E-state index contributed by atoms with van der Waals surface area (Å²) >= 11 is 0. The summed E-state index contributed by atoms with van der Waals surface area (Å²) in [5, 5.41) is 8.27. The van der Waals surface area contributed by atoms with Crippen molar-refractivity contribution in [2.45, 2.75) is 58.8 Å². The van der Waals surface area contributed by atoms with Gasteiger partial charge in [-0.15, -0.1) is 0 Å². The SMILES string of the molecule is CCCCCCc1ccc(-c2ccc(C=NN=Cc3ccccc3CCC)cc2F)cc1. The van der Waals surface area contributed by atoms with E-state index in [0.29, 0.717) is 11.1 Å². The average molecular weight is 429 g/mol. The standard InChI is InChI=1S/C29H33FN2/c1-3-5-6-7-11-23-14-17-26(18-15-23)28-19-16-24(20-29(28)30)21-31-32-22-27-13-9-8-12-25(27)10-4-2/h8-9,12-22H,3-7,10-11H2,1-2H3. The third-order valence-corrected chi connectivity index (χ3v) is 5.62. The van der Waals surface area contributed by atoms with Gasteiger partial charge in [-0.1, -0.05) is 100 Å². The fourth-order valence-corrected chi connectivity index (χ4v) is 3.81. The fraction of sp³-hybridized carbons (Fsp3) is 0.310. The van der Waals surface area contributed by atoms with Crippen molar-refractivity contribution in [1.29, 1.82) is 0 Å². The van der Waals surface area contributed by atoms with E-state index < -0.39 is 0 Å². The van der Waals surface area contributed by atoms with Crippen molar-refractivity contribution >= 4 is 12.4 Å². The van der Waals surface area contributed by atoms with Crippen molar-refractivity contribution in [3.63, 3.8) is 0 Å². The van der Waals surface area contributed by atoms with E-state index in [1.54, 1.807) is 12.4 Å². The molecule has 3 heteroatoms. The maximum Gasteiger partial charge on any atom is 0.131 e. The highest BCUT2D eigenvalue weighted by atomic mass is 19.1. The van der Waals surface area contributed by atoms with Crippen LogP contribution in [0.15, 0.2) is 76.9 Å². The zero-order chi connectivity index (χ0) is 22.6. The predicted octanol–water partition coefficient (Wildman–Crippen LogP) is 8.02. The number of benzene rings is 3. The van der Waals surface area contributed by atoms with E-state index in [2.05, 4.69) is 42.2 Å². The Bertz CT molecular complexity index is 1040. The van der Waals surface area contributed by atoms with Gasteiger partial charge in [-0.3, -0.25) is 0 Å². The summed E-state index contributed by atoms with van der Waals surface area (Å²) in [4.78, 5) is 0. The van der Waals surface area contributed by atoms with E-state index in [1.807, 2.05) is 42.5 Å². The van der Waals surface area contributed by atoms with Crippen molar-refractivity contribution < 1.29 is 4.39 Å². The summed E-state index contributed by atoms with van der Waals surface area (Å²) in [6.07, 6.45) is 11.5. The Morgan fingerprint density at radius 2 is 1.53 bits per heavy atom. The summed E-state index contributed by atoms with van der Waals surface area (Å²) < 4.78 is 14.7. The van der Waals surface area contributed by atoms with Crippen LogP contribution in [0.1, 0.15) is 68.2 Å².